The fraction of sp³-hybridized carbons (Fsp3) is 0.588. The van der Waals surface area contributed by atoms with E-state index in [4.69, 9.17) is 10.5 Å². The third kappa shape index (κ3) is 4.21. The summed E-state index contributed by atoms with van der Waals surface area (Å²) in [5.41, 5.74) is 6.96. The summed E-state index contributed by atoms with van der Waals surface area (Å²) in [4.78, 5) is 14.4. The average molecular weight is 290 g/mol. The van der Waals surface area contributed by atoms with E-state index < -0.39 is 0 Å². The molecule has 1 fully saturated rings. The molecule has 2 atom stereocenters. The van der Waals surface area contributed by atoms with Crippen molar-refractivity contribution in [1.82, 2.24) is 4.90 Å². The van der Waals surface area contributed by atoms with Gasteiger partial charge in [-0.25, -0.2) is 0 Å². The first-order valence-corrected chi connectivity index (χ1v) is 7.82. The van der Waals surface area contributed by atoms with E-state index in [9.17, 15) is 4.79 Å². The van der Waals surface area contributed by atoms with Gasteiger partial charge < -0.3 is 15.4 Å². The minimum atomic E-state index is 0.158. The predicted octanol–water partition coefficient (Wildman–Crippen LogP) is 2.49. The number of hydrogen-bond donors (Lipinski definition) is 1. The van der Waals surface area contributed by atoms with Crippen LogP contribution in [0.15, 0.2) is 24.3 Å². The fourth-order valence-electron chi connectivity index (χ4n) is 3.06. The molecule has 2 N–H and O–H groups in total. The summed E-state index contributed by atoms with van der Waals surface area (Å²) in [7, 11) is 0. The second kappa shape index (κ2) is 7.46. The van der Waals surface area contributed by atoms with Crippen LogP contribution in [-0.2, 0) is 4.79 Å². The maximum atomic E-state index is 12.4. The zero-order valence-electron chi connectivity index (χ0n) is 13.0. The highest BCUT2D eigenvalue weighted by Crippen LogP contribution is 2.23. The van der Waals surface area contributed by atoms with Gasteiger partial charge in [0.25, 0.3) is 0 Å². The number of benzene rings is 1. The molecule has 1 amide bonds. The Labute approximate surface area is 127 Å². The summed E-state index contributed by atoms with van der Waals surface area (Å²) >= 11 is 0. The Hall–Kier alpha value is -1.55. The molecule has 1 aromatic rings. The molecule has 0 bridgehead atoms. The van der Waals surface area contributed by atoms with Gasteiger partial charge >= 0.3 is 0 Å². The van der Waals surface area contributed by atoms with Crippen LogP contribution in [-0.4, -0.2) is 36.0 Å². The smallest absolute Gasteiger partial charge is 0.226 e. The number of nitrogens with two attached hydrogens (primary N) is 1. The Morgan fingerprint density at radius 1 is 1.43 bits per heavy atom. The molecule has 1 aliphatic rings. The second-order valence-corrected chi connectivity index (χ2v) is 5.89. The SMILES string of the molecule is Cc1cccc(OCCC(=O)N2C(C)CCCC2CN)c1. The first-order valence-electron chi connectivity index (χ1n) is 7.82. The molecule has 21 heavy (non-hydrogen) atoms. The van der Waals surface area contributed by atoms with E-state index >= 15 is 0 Å². The van der Waals surface area contributed by atoms with Gasteiger partial charge in [-0.2, -0.15) is 0 Å². The Bertz CT molecular complexity index is 476. The van der Waals surface area contributed by atoms with E-state index in [2.05, 4.69) is 6.92 Å². The van der Waals surface area contributed by atoms with Gasteiger partial charge in [0.05, 0.1) is 13.0 Å². The summed E-state index contributed by atoms with van der Waals surface area (Å²) in [5.74, 6) is 0.982. The highest BCUT2D eigenvalue weighted by molar-refractivity contribution is 5.77. The minimum absolute atomic E-state index is 0.158. The van der Waals surface area contributed by atoms with E-state index in [0.717, 1.165) is 30.6 Å². The molecule has 1 heterocycles. The van der Waals surface area contributed by atoms with Crippen molar-refractivity contribution in [1.29, 1.82) is 0 Å². The first-order chi connectivity index (χ1) is 10.1. The van der Waals surface area contributed by atoms with E-state index in [1.54, 1.807) is 0 Å². The molecular formula is C17H26N2O2. The molecule has 0 saturated carbocycles. The molecule has 1 saturated heterocycles. The maximum absolute atomic E-state index is 12.4. The lowest BCUT2D eigenvalue weighted by molar-refractivity contribution is -0.138. The van der Waals surface area contributed by atoms with Crippen LogP contribution >= 0.6 is 0 Å². The quantitative estimate of drug-likeness (QED) is 0.906. The molecule has 4 heteroatoms. The number of rotatable bonds is 5. The second-order valence-electron chi connectivity index (χ2n) is 5.89. The summed E-state index contributed by atoms with van der Waals surface area (Å²) in [6.07, 6.45) is 3.66. The molecule has 1 aromatic carbocycles. The molecule has 0 aliphatic carbocycles. The zero-order chi connectivity index (χ0) is 15.2. The van der Waals surface area contributed by atoms with Gasteiger partial charge in [0.15, 0.2) is 0 Å². The number of carbonyl (C=O) groups excluding carboxylic acids is 1. The van der Waals surface area contributed by atoms with Gasteiger partial charge in [-0.15, -0.1) is 0 Å². The summed E-state index contributed by atoms with van der Waals surface area (Å²) in [5, 5.41) is 0. The lowest BCUT2D eigenvalue weighted by atomic mass is 9.96. The third-order valence-electron chi connectivity index (χ3n) is 4.16. The highest BCUT2D eigenvalue weighted by atomic mass is 16.5. The van der Waals surface area contributed by atoms with Crippen LogP contribution in [0, 0.1) is 6.92 Å². The summed E-state index contributed by atoms with van der Waals surface area (Å²) < 4.78 is 5.67. The van der Waals surface area contributed by atoms with Crippen LogP contribution in [0.2, 0.25) is 0 Å². The van der Waals surface area contributed by atoms with Crippen molar-refractivity contribution in [3.8, 4) is 5.75 Å². The van der Waals surface area contributed by atoms with Crippen molar-refractivity contribution < 1.29 is 9.53 Å². The number of amides is 1. The van der Waals surface area contributed by atoms with Gasteiger partial charge in [0.1, 0.15) is 5.75 Å². The van der Waals surface area contributed by atoms with Crippen LogP contribution in [0.5, 0.6) is 5.75 Å². The molecule has 0 radical (unpaired) electrons. The van der Waals surface area contributed by atoms with Crippen molar-refractivity contribution in [3.05, 3.63) is 29.8 Å². The molecule has 116 valence electrons. The Morgan fingerprint density at radius 3 is 2.95 bits per heavy atom. The fourth-order valence-corrected chi connectivity index (χ4v) is 3.06. The first kappa shape index (κ1) is 15.8. The molecule has 1 aliphatic heterocycles. The Balaban J connectivity index is 1.85. The van der Waals surface area contributed by atoms with Crippen molar-refractivity contribution in [2.75, 3.05) is 13.2 Å². The van der Waals surface area contributed by atoms with Crippen LogP contribution in [0.4, 0.5) is 0 Å². The highest BCUT2D eigenvalue weighted by Gasteiger charge is 2.30. The Morgan fingerprint density at radius 2 is 2.24 bits per heavy atom. The maximum Gasteiger partial charge on any atom is 0.226 e. The molecular weight excluding hydrogens is 264 g/mol. The molecule has 2 unspecified atom stereocenters. The van der Waals surface area contributed by atoms with Gasteiger partial charge in [-0.1, -0.05) is 12.1 Å². The van der Waals surface area contributed by atoms with Crippen molar-refractivity contribution in [3.63, 3.8) is 0 Å². The largest absolute Gasteiger partial charge is 0.493 e. The monoisotopic (exact) mass is 290 g/mol. The minimum Gasteiger partial charge on any atom is -0.493 e. The summed E-state index contributed by atoms with van der Waals surface area (Å²) in [6, 6.07) is 8.38. The number of likely N-dealkylation sites (tertiary alicyclic amines) is 1. The zero-order valence-corrected chi connectivity index (χ0v) is 13.0. The van der Waals surface area contributed by atoms with Crippen LogP contribution in [0.25, 0.3) is 0 Å². The number of carbonyl (C=O) groups is 1. The molecule has 4 nitrogen and oxygen atoms in total. The lowest BCUT2D eigenvalue weighted by Gasteiger charge is -2.40. The van der Waals surface area contributed by atoms with Gasteiger partial charge in [0.2, 0.25) is 5.91 Å². The van der Waals surface area contributed by atoms with Gasteiger partial charge in [0, 0.05) is 18.6 Å². The van der Waals surface area contributed by atoms with Crippen molar-refractivity contribution in [2.24, 2.45) is 5.73 Å². The van der Waals surface area contributed by atoms with E-state index in [-0.39, 0.29) is 11.9 Å². The van der Waals surface area contributed by atoms with Crippen molar-refractivity contribution >= 4 is 5.91 Å². The number of hydrogen-bond acceptors (Lipinski definition) is 3. The van der Waals surface area contributed by atoms with E-state index in [1.165, 1.54) is 0 Å². The average Bonchev–Trinajstić information content (AvgIpc) is 2.46. The number of nitrogens with zero attached hydrogens (tertiary/aromatic N) is 1. The van der Waals surface area contributed by atoms with E-state index in [1.807, 2.05) is 36.1 Å². The normalized spacial score (nSPS) is 22.1. The predicted molar refractivity (Wildman–Crippen MR) is 84.3 cm³/mol. The standard InChI is InChI=1S/C17H26N2O2/c1-13-5-3-8-16(11-13)21-10-9-17(20)19-14(2)6-4-7-15(19)12-18/h3,5,8,11,14-15H,4,6-7,9-10,12,18H2,1-2H3. The molecule has 0 spiro atoms. The third-order valence-corrected chi connectivity index (χ3v) is 4.16. The number of ether oxygens (including phenoxy) is 1. The topological polar surface area (TPSA) is 55.6 Å². The van der Waals surface area contributed by atoms with E-state index in [0.29, 0.717) is 25.6 Å². The van der Waals surface area contributed by atoms with Crippen LogP contribution in [0.1, 0.15) is 38.2 Å². The van der Waals surface area contributed by atoms with Crippen molar-refractivity contribution in [2.45, 2.75) is 51.6 Å². The summed E-state index contributed by atoms with van der Waals surface area (Å²) in [6.45, 7) is 5.11. The lowest BCUT2D eigenvalue weighted by Crippen LogP contribution is -2.52. The molecule has 2 rings (SSSR count). The van der Waals surface area contributed by atoms with Gasteiger partial charge in [-0.05, 0) is 50.8 Å². The Kier molecular flexibility index (Phi) is 5.62. The van der Waals surface area contributed by atoms with Crippen LogP contribution < -0.4 is 10.5 Å². The number of piperidine rings is 1. The van der Waals surface area contributed by atoms with Gasteiger partial charge in [-0.3, -0.25) is 4.79 Å². The molecule has 0 aromatic heterocycles. The van der Waals surface area contributed by atoms with Crippen LogP contribution in [0.3, 0.4) is 0 Å². The number of aryl methyl sites for hydroxylation is 1.